The van der Waals surface area contributed by atoms with Gasteiger partial charge in [-0.1, -0.05) is 200 Å². The smallest absolute Gasteiger partial charge is 0.164 e. The minimum absolute atomic E-state index is 0.450. The van der Waals surface area contributed by atoms with Crippen LogP contribution in [0.3, 0.4) is 0 Å². The fourth-order valence-corrected chi connectivity index (χ4v) is 13.0. The first-order valence-electron chi connectivity index (χ1n) is 23.5. The van der Waals surface area contributed by atoms with Crippen LogP contribution >= 0.6 is 11.3 Å². The predicted octanol–water partition coefficient (Wildman–Crippen LogP) is 16.3. The van der Waals surface area contributed by atoms with Gasteiger partial charge < -0.3 is 4.57 Å². The summed E-state index contributed by atoms with van der Waals surface area (Å²) >= 11 is 1.81. The molecule has 5 heteroatoms. The molecule has 2 aliphatic rings. The van der Waals surface area contributed by atoms with E-state index >= 15 is 0 Å². The molecule has 0 unspecified atom stereocenters. The predicted molar refractivity (Wildman–Crippen MR) is 285 cm³/mol. The Balaban J connectivity index is 0.938. The van der Waals surface area contributed by atoms with Gasteiger partial charge in [0.2, 0.25) is 0 Å². The molecule has 15 rings (SSSR count). The van der Waals surface area contributed by atoms with E-state index in [1.54, 1.807) is 0 Å². The van der Waals surface area contributed by atoms with Crippen molar-refractivity contribution in [2.75, 3.05) is 0 Å². The lowest BCUT2D eigenvalue weighted by atomic mass is 9.70. The lowest BCUT2D eigenvalue weighted by Gasteiger charge is -2.30. The number of fused-ring (bicyclic) bond motifs is 17. The summed E-state index contributed by atoms with van der Waals surface area (Å²) in [6.45, 7) is 0. The van der Waals surface area contributed by atoms with E-state index in [0.29, 0.717) is 17.5 Å². The molecule has 2 aliphatic carbocycles. The van der Waals surface area contributed by atoms with Crippen LogP contribution < -0.4 is 0 Å². The second-order valence-electron chi connectivity index (χ2n) is 18.2. The Kier molecular flexibility index (Phi) is 8.12. The maximum atomic E-state index is 5.32. The molecule has 69 heavy (non-hydrogen) atoms. The highest BCUT2D eigenvalue weighted by atomic mass is 32.1. The van der Waals surface area contributed by atoms with Gasteiger partial charge in [-0.25, -0.2) is 15.0 Å². The third-order valence-corrected chi connectivity index (χ3v) is 15.8. The Hall–Kier alpha value is -8.77. The first-order valence-corrected chi connectivity index (χ1v) is 24.3. The maximum Gasteiger partial charge on any atom is 0.164 e. The van der Waals surface area contributed by atoms with Gasteiger partial charge in [0.25, 0.3) is 0 Å². The molecule has 10 aromatic carbocycles. The molecule has 0 fully saturated rings. The fourth-order valence-electron chi connectivity index (χ4n) is 11.9. The van der Waals surface area contributed by atoms with E-state index in [0.717, 1.165) is 27.9 Å². The van der Waals surface area contributed by atoms with Crippen LogP contribution in [-0.2, 0) is 5.41 Å². The third-order valence-electron chi connectivity index (χ3n) is 14.7. The van der Waals surface area contributed by atoms with E-state index in [2.05, 4.69) is 217 Å². The van der Waals surface area contributed by atoms with Crippen molar-refractivity contribution in [1.82, 2.24) is 19.5 Å². The van der Waals surface area contributed by atoms with Crippen molar-refractivity contribution in [3.05, 3.63) is 253 Å². The van der Waals surface area contributed by atoms with Gasteiger partial charge in [-0.3, -0.25) is 0 Å². The molecule has 320 valence electrons. The molecule has 0 N–H and O–H groups in total. The Morgan fingerprint density at radius 1 is 0.348 bits per heavy atom. The molecule has 0 radical (unpaired) electrons. The number of hydrogen-bond acceptors (Lipinski definition) is 4. The molecule has 0 amide bonds. The zero-order valence-electron chi connectivity index (χ0n) is 37.1. The summed E-state index contributed by atoms with van der Waals surface area (Å²) in [6, 6.07) is 83.7. The topological polar surface area (TPSA) is 43.6 Å². The zero-order valence-corrected chi connectivity index (χ0v) is 38.0. The largest absolute Gasteiger partial charge is 0.309 e. The highest BCUT2D eigenvalue weighted by molar-refractivity contribution is 7.26. The fraction of sp³-hybridized carbons (Fsp3) is 0.0156. The summed E-state index contributed by atoms with van der Waals surface area (Å²) in [7, 11) is 0. The quantitative estimate of drug-likeness (QED) is 0.173. The minimum atomic E-state index is -0.450. The van der Waals surface area contributed by atoms with Gasteiger partial charge in [0.15, 0.2) is 17.5 Å². The summed E-state index contributed by atoms with van der Waals surface area (Å²) in [4.78, 5) is 15.7. The van der Waals surface area contributed by atoms with Crippen molar-refractivity contribution in [1.29, 1.82) is 0 Å². The van der Waals surface area contributed by atoms with E-state index in [4.69, 9.17) is 15.0 Å². The number of thiophene rings is 1. The van der Waals surface area contributed by atoms with Crippen LogP contribution in [0, 0.1) is 0 Å². The van der Waals surface area contributed by atoms with Gasteiger partial charge in [-0.15, -0.1) is 11.3 Å². The second kappa shape index (κ2) is 14.6. The van der Waals surface area contributed by atoms with Crippen LogP contribution in [0.25, 0.3) is 115 Å². The van der Waals surface area contributed by atoms with E-state index in [9.17, 15) is 0 Å². The molecule has 3 aromatic heterocycles. The van der Waals surface area contributed by atoms with Crippen molar-refractivity contribution in [2.24, 2.45) is 0 Å². The summed E-state index contributed by atoms with van der Waals surface area (Å²) in [6.07, 6.45) is 0. The van der Waals surface area contributed by atoms with Gasteiger partial charge in [-0.2, -0.15) is 0 Å². The van der Waals surface area contributed by atoms with Gasteiger partial charge in [0.1, 0.15) is 0 Å². The molecule has 4 nitrogen and oxygen atoms in total. The molecule has 0 saturated heterocycles. The van der Waals surface area contributed by atoms with Crippen molar-refractivity contribution < 1.29 is 0 Å². The maximum absolute atomic E-state index is 5.32. The van der Waals surface area contributed by atoms with Crippen molar-refractivity contribution in [2.45, 2.75) is 5.41 Å². The van der Waals surface area contributed by atoms with Gasteiger partial charge >= 0.3 is 0 Å². The highest BCUT2D eigenvalue weighted by Gasteiger charge is 2.52. The van der Waals surface area contributed by atoms with Crippen LogP contribution in [0.2, 0.25) is 0 Å². The third kappa shape index (κ3) is 5.42. The number of rotatable bonds is 5. The lowest BCUT2D eigenvalue weighted by Crippen LogP contribution is -2.25. The number of nitrogens with zero attached hydrogens (tertiary/aromatic N) is 4. The molecule has 13 aromatic rings. The van der Waals surface area contributed by atoms with Crippen molar-refractivity contribution >= 4 is 53.3 Å². The number of benzene rings is 10. The van der Waals surface area contributed by atoms with Gasteiger partial charge in [0.05, 0.1) is 16.4 Å². The Labute approximate surface area is 402 Å². The first kappa shape index (κ1) is 38.3. The van der Waals surface area contributed by atoms with Crippen molar-refractivity contribution in [3.63, 3.8) is 0 Å². The van der Waals surface area contributed by atoms with Gasteiger partial charge in [0, 0.05) is 58.9 Å². The van der Waals surface area contributed by atoms with Crippen LogP contribution in [0.15, 0.2) is 231 Å². The molecule has 0 saturated carbocycles. The molecule has 3 heterocycles. The Morgan fingerprint density at radius 2 is 0.899 bits per heavy atom. The highest BCUT2D eigenvalue weighted by Crippen LogP contribution is 2.64. The monoisotopic (exact) mass is 894 g/mol. The number of para-hydroxylation sites is 1. The first-order chi connectivity index (χ1) is 34.2. The zero-order chi connectivity index (χ0) is 45.2. The van der Waals surface area contributed by atoms with E-state index < -0.39 is 5.41 Å². The van der Waals surface area contributed by atoms with Crippen LogP contribution in [0.5, 0.6) is 0 Å². The van der Waals surface area contributed by atoms with Crippen molar-refractivity contribution in [3.8, 4) is 73.2 Å². The van der Waals surface area contributed by atoms with Crippen LogP contribution in [-0.4, -0.2) is 19.5 Å². The second-order valence-corrected chi connectivity index (χ2v) is 19.3. The standard InChI is InChI=1S/C64H38N4S/c1-3-17-39(18-4-1)44-27-16-32-56-58(44)50-34-33-42(38-57(50)69-56)63-66-61(40-19-5-2-6-20-40)65-62(67-63)41-21-15-22-43(37-41)68-55-31-14-10-25-47(55)48-35-36-54-59(60(48)68)49-26-9-13-30-53(49)64(54)51-28-11-7-23-45(51)46-24-8-12-29-52(46)64/h1-38H. The van der Waals surface area contributed by atoms with Crippen LogP contribution in [0.4, 0.5) is 0 Å². The van der Waals surface area contributed by atoms with E-state index in [-0.39, 0.29) is 0 Å². The summed E-state index contributed by atoms with van der Waals surface area (Å²) < 4.78 is 4.94. The molecular formula is C64H38N4S. The van der Waals surface area contributed by atoms with E-state index in [1.165, 1.54) is 92.1 Å². The summed E-state index contributed by atoms with van der Waals surface area (Å²) in [5, 5.41) is 4.95. The number of aromatic nitrogens is 4. The molecule has 0 bridgehead atoms. The molecular weight excluding hydrogens is 857 g/mol. The Bertz CT molecular complexity index is 4210. The van der Waals surface area contributed by atoms with Gasteiger partial charge in [-0.05, 0) is 80.4 Å². The molecule has 1 spiro atoms. The number of hydrogen-bond donors (Lipinski definition) is 0. The van der Waals surface area contributed by atoms with Crippen LogP contribution in [0.1, 0.15) is 22.3 Å². The Morgan fingerprint density at radius 3 is 1.64 bits per heavy atom. The average Bonchev–Trinajstić information content (AvgIpc) is 4.15. The summed E-state index contributed by atoms with van der Waals surface area (Å²) in [5.74, 6) is 1.90. The molecule has 0 atom stereocenters. The average molecular weight is 895 g/mol. The molecule has 0 aliphatic heterocycles. The SMILES string of the molecule is c1ccc(-c2nc(-c3cccc(-n4c5ccccc5c5ccc6c(c54)-c4ccccc4C64c5ccccc5-c5ccccc54)c3)nc(-c3ccc4c(c3)sc3cccc(-c5ccccc5)c34)n2)cc1. The minimum Gasteiger partial charge on any atom is -0.309 e. The summed E-state index contributed by atoms with van der Waals surface area (Å²) in [5.41, 5.74) is 18.7. The normalized spacial score (nSPS) is 13.0. The van der Waals surface area contributed by atoms with E-state index in [1.807, 2.05) is 29.5 Å². The lowest BCUT2D eigenvalue weighted by molar-refractivity contribution is 0.794.